The molecule has 224 valence electrons. The van der Waals surface area contributed by atoms with Gasteiger partial charge in [-0.3, -0.25) is 4.67 Å². The van der Waals surface area contributed by atoms with Gasteiger partial charge in [0, 0.05) is 17.1 Å². The van der Waals surface area contributed by atoms with Crippen molar-refractivity contribution in [2.75, 3.05) is 7.05 Å². The van der Waals surface area contributed by atoms with E-state index < -0.39 is 7.92 Å². The third kappa shape index (κ3) is 8.53. The van der Waals surface area contributed by atoms with Gasteiger partial charge in [0.15, 0.2) is 0 Å². The predicted octanol–water partition coefficient (Wildman–Crippen LogP) is 9.62. The van der Waals surface area contributed by atoms with Crippen LogP contribution in [0, 0.1) is 0 Å². The van der Waals surface area contributed by atoms with Crippen molar-refractivity contribution < 1.29 is 17.1 Å². The van der Waals surface area contributed by atoms with E-state index in [1.807, 2.05) is 30.3 Å². The molecule has 2 aliphatic rings. The van der Waals surface area contributed by atoms with Crippen molar-refractivity contribution in [1.29, 1.82) is 0 Å². The van der Waals surface area contributed by atoms with Crippen molar-refractivity contribution in [3.05, 3.63) is 115 Å². The normalized spacial score (nSPS) is 17.2. The van der Waals surface area contributed by atoms with Crippen molar-refractivity contribution in [1.82, 2.24) is 4.67 Å². The van der Waals surface area contributed by atoms with E-state index in [4.69, 9.17) is 0 Å². The molecule has 0 radical (unpaired) electrons. The zero-order valence-corrected chi connectivity index (χ0v) is 27.8. The average molecular weight is 624 g/mol. The van der Waals surface area contributed by atoms with Gasteiger partial charge in [0.1, 0.15) is 0 Å². The van der Waals surface area contributed by atoms with Crippen molar-refractivity contribution in [2.24, 2.45) is 0 Å². The molecule has 41 heavy (non-hydrogen) atoms. The minimum atomic E-state index is -0.555. The Kier molecular flexibility index (Phi) is 13.4. The Hall–Kier alpha value is -1.52. The van der Waals surface area contributed by atoms with Gasteiger partial charge in [0.25, 0.3) is 0 Å². The SMILES string of the molecule is C[C@H]([c-]1cccc1P(c1ccccc1)c1ccccc1)N(C)P(C1CCCCC1)C1CCCCC1.[Fe].[cH-]1[cH-][cH-][cH-][cH-]1. The van der Waals surface area contributed by atoms with Crippen LogP contribution < -0.4 is 15.9 Å². The first kappa shape index (κ1) is 32.4. The zero-order chi connectivity index (χ0) is 27.6. The molecule has 0 aliphatic heterocycles. The van der Waals surface area contributed by atoms with E-state index >= 15 is 0 Å². The molecule has 0 unspecified atom stereocenters. The van der Waals surface area contributed by atoms with Crippen LogP contribution in [0.25, 0.3) is 0 Å². The van der Waals surface area contributed by atoms with Crippen molar-refractivity contribution in [2.45, 2.75) is 88.5 Å². The second-order valence-electron chi connectivity index (χ2n) is 11.5. The average Bonchev–Trinajstić information content (AvgIpc) is 3.76. The van der Waals surface area contributed by atoms with Gasteiger partial charge in [-0.25, -0.2) is 12.1 Å². The summed E-state index contributed by atoms with van der Waals surface area (Å²) in [5.41, 5.74) is 3.44. The Morgan fingerprint density at radius 1 is 0.659 bits per heavy atom. The molecule has 0 N–H and O–H groups in total. The molecule has 4 aromatic rings. The molecule has 2 saturated carbocycles. The van der Waals surface area contributed by atoms with E-state index in [0.717, 1.165) is 11.3 Å². The van der Waals surface area contributed by atoms with Crippen LogP contribution in [0.15, 0.2) is 109 Å². The van der Waals surface area contributed by atoms with E-state index in [0.29, 0.717) is 6.04 Å². The molecule has 0 bridgehead atoms. The molecule has 4 heteroatoms. The molecule has 2 aliphatic carbocycles. The minimum absolute atomic E-state index is 0. The van der Waals surface area contributed by atoms with Crippen LogP contribution >= 0.6 is 16.0 Å². The second kappa shape index (κ2) is 16.9. The smallest absolute Gasteiger partial charge is 0 e. The molecule has 1 nitrogen and oxygen atoms in total. The first-order valence-corrected chi connectivity index (χ1v) is 18.3. The Labute approximate surface area is 262 Å². The topological polar surface area (TPSA) is 3.24 Å². The van der Waals surface area contributed by atoms with Crippen LogP contribution in [0.2, 0.25) is 0 Å². The van der Waals surface area contributed by atoms with Crippen molar-refractivity contribution >= 4 is 31.9 Å². The van der Waals surface area contributed by atoms with Crippen LogP contribution in [0.4, 0.5) is 0 Å². The summed E-state index contributed by atoms with van der Waals surface area (Å²) in [6, 6.07) is 40.1. The first-order valence-electron chi connectivity index (χ1n) is 15.6. The fraction of sp³-hybridized carbons (Fsp3) is 0.405. The Balaban J connectivity index is 0.000000584. The minimum Gasteiger partial charge on any atom is -0.748 e. The number of rotatable bonds is 8. The third-order valence-corrected chi connectivity index (χ3v) is 15.0. The number of nitrogens with zero attached hydrogens (tertiary/aromatic N) is 1. The molecular weight excluding hydrogens is 576 g/mol. The number of benzene rings is 2. The molecule has 0 spiro atoms. The summed E-state index contributed by atoms with van der Waals surface area (Å²) in [4.78, 5) is 0. The van der Waals surface area contributed by atoms with Crippen LogP contribution in [0.3, 0.4) is 0 Å². The zero-order valence-electron chi connectivity index (χ0n) is 24.9. The first-order chi connectivity index (χ1) is 19.7. The Morgan fingerprint density at radius 3 is 1.54 bits per heavy atom. The van der Waals surface area contributed by atoms with Crippen LogP contribution in [-0.2, 0) is 17.1 Å². The molecule has 0 heterocycles. The summed E-state index contributed by atoms with van der Waals surface area (Å²) >= 11 is 0. The van der Waals surface area contributed by atoms with Gasteiger partial charge in [-0.2, -0.15) is 6.07 Å². The molecule has 0 aromatic heterocycles. The summed E-state index contributed by atoms with van der Waals surface area (Å²) in [5.74, 6) is 0. The quantitative estimate of drug-likeness (QED) is 0.107. The molecule has 0 saturated heterocycles. The fourth-order valence-corrected chi connectivity index (χ4v) is 13.3. The Bertz CT molecular complexity index is 1140. The number of hydrogen-bond donors (Lipinski definition) is 0. The Morgan fingerprint density at radius 2 is 1.10 bits per heavy atom. The van der Waals surface area contributed by atoms with Gasteiger partial charge < -0.3 is 30.3 Å². The van der Waals surface area contributed by atoms with Gasteiger partial charge in [-0.05, 0) is 76.7 Å². The van der Waals surface area contributed by atoms with Gasteiger partial charge in [0.2, 0.25) is 0 Å². The van der Waals surface area contributed by atoms with E-state index in [-0.39, 0.29) is 25.1 Å². The summed E-state index contributed by atoms with van der Waals surface area (Å²) in [7, 11) is 1.83. The monoisotopic (exact) mass is 623 g/mol. The van der Waals surface area contributed by atoms with E-state index in [9.17, 15) is 0 Å². The maximum atomic E-state index is 2.89. The summed E-state index contributed by atoms with van der Waals surface area (Å²) in [5, 5.41) is 4.47. The summed E-state index contributed by atoms with van der Waals surface area (Å²) < 4.78 is 2.89. The maximum Gasteiger partial charge on any atom is 0 e. The van der Waals surface area contributed by atoms with E-state index in [2.05, 4.69) is 97.5 Å². The van der Waals surface area contributed by atoms with E-state index in [1.54, 1.807) is 10.9 Å². The molecule has 0 amide bonds. The number of hydrogen-bond acceptors (Lipinski definition) is 1. The van der Waals surface area contributed by atoms with Gasteiger partial charge in [-0.1, -0.05) is 106 Å². The fourth-order valence-electron chi connectivity index (χ4n) is 6.79. The molecular formula is C37H47FeNP2-6. The van der Waals surface area contributed by atoms with Crippen LogP contribution in [0.5, 0.6) is 0 Å². The van der Waals surface area contributed by atoms with Crippen LogP contribution in [-0.4, -0.2) is 23.0 Å². The summed E-state index contributed by atoms with van der Waals surface area (Å²) in [6.07, 6.45) is 14.6. The largest absolute Gasteiger partial charge is 0.748 e. The van der Waals surface area contributed by atoms with Crippen molar-refractivity contribution in [3.8, 4) is 0 Å². The van der Waals surface area contributed by atoms with Gasteiger partial charge in [-0.15, -0.1) is 10.9 Å². The molecule has 2 fully saturated rings. The third-order valence-electron chi connectivity index (χ3n) is 8.92. The maximum absolute atomic E-state index is 2.89. The second-order valence-corrected chi connectivity index (χ2v) is 16.6. The summed E-state index contributed by atoms with van der Waals surface area (Å²) in [6.45, 7) is 2.50. The van der Waals surface area contributed by atoms with Crippen molar-refractivity contribution in [3.63, 3.8) is 0 Å². The molecule has 4 aromatic carbocycles. The molecule has 1 atom stereocenters. The standard InChI is InChI=1S/C32H42NP2.C5H5.Fe/c1-26(33(2)35(29-20-11-5-12-21-29)30-22-13-6-14-23-30)31-24-15-25-32(31)34(27-16-7-3-8-17-27)28-18-9-4-10-19-28;1-2-4-5-3-1;/h3-4,7-10,15-19,24-26,29-30H,5-6,11-14,20-23H2,1-2H3;1-5H;/q-1;-5;/t26-;;/m1../s1. The van der Waals surface area contributed by atoms with E-state index in [1.165, 1.54) is 74.8 Å². The predicted molar refractivity (Wildman–Crippen MR) is 180 cm³/mol. The molecule has 6 rings (SSSR count). The van der Waals surface area contributed by atoms with Gasteiger partial charge >= 0.3 is 0 Å². The van der Waals surface area contributed by atoms with Gasteiger partial charge in [0.05, 0.1) is 0 Å². The van der Waals surface area contributed by atoms with Crippen LogP contribution in [0.1, 0.15) is 82.7 Å².